The number of halogens is 2. The first-order valence-electron chi connectivity index (χ1n) is 4.89. The van der Waals surface area contributed by atoms with Gasteiger partial charge in [-0.15, -0.1) is 0 Å². The third-order valence-electron chi connectivity index (χ3n) is 2.57. The third kappa shape index (κ3) is 2.42. The van der Waals surface area contributed by atoms with Crippen molar-refractivity contribution in [2.75, 3.05) is 11.4 Å². The number of rotatable bonds is 2. The Balaban J connectivity index is 2.29. The van der Waals surface area contributed by atoms with Crippen LogP contribution in [0.25, 0.3) is 0 Å². The molecule has 1 aromatic heterocycles. The van der Waals surface area contributed by atoms with Crippen LogP contribution in [0.5, 0.6) is 0 Å². The van der Waals surface area contributed by atoms with E-state index in [-0.39, 0.29) is 18.9 Å². The van der Waals surface area contributed by atoms with Crippen molar-refractivity contribution in [1.29, 1.82) is 0 Å². The molecule has 0 radical (unpaired) electrons. The summed E-state index contributed by atoms with van der Waals surface area (Å²) in [5.41, 5.74) is 5.19. The van der Waals surface area contributed by atoms with Crippen molar-refractivity contribution in [3.8, 4) is 0 Å². The molecule has 7 heteroatoms. The number of hydrogen-bond acceptors (Lipinski definition) is 3. The maximum Gasteiger partial charge on any atom is 0.229 e. The van der Waals surface area contributed by atoms with E-state index < -0.39 is 11.8 Å². The highest BCUT2D eigenvalue weighted by atomic mass is 79.9. The Morgan fingerprint density at radius 2 is 2.35 bits per heavy atom. The number of amides is 2. The van der Waals surface area contributed by atoms with E-state index in [4.69, 9.17) is 17.3 Å². The molecule has 1 aliphatic rings. The molecule has 17 heavy (non-hydrogen) atoms. The summed E-state index contributed by atoms with van der Waals surface area (Å²) in [5, 5.41) is 0.471. The average Bonchev–Trinajstić information content (AvgIpc) is 2.61. The Kier molecular flexibility index (Phi) is 3.35. The Hall–Kier alpha value is -1.14. The lowest BCUT2D eigenvalue weighted by Crippen LogP contribution is -2.29. The fourth-order valence-corrected chi connectivity index (χ4v) is 2.56. The third-order valence-corrected chi connectivity index (χ3v) is 3.36. The van der Waals surface area contributed by atoms with E-state index in [0.29, 0.717) is 15.3 Å². The second-order valence-corrected chi connectivity index (χ2v) is 5.06. The summed E-state index contributed by atoms with van der Waals surface area (Å²) >= 11 is 9.05. The molecule has 5 nitrogen and oxygen atoms in total. The highest BCUT2D eigenvalue weighted by molar-refractivity contribution is 9.10. The van der Waals surface area contributed by atoms with Gasteiger partial charge in [-0.3, -0.25) is 14.5 Å². The van der Waals surface area contributed by atoms with Crippen LogP contribution in [0, 0.1) is 5.92 Å². The minimum Gasteiger partial charge on any atom is -0.369 e. The SMILES string of the molecule is NC(=O)C1CC(=O)N(c2ncc(Cl)cc2Br)C1. The van der Waals surface area contributed by atoms with Crippen LogP contribution >= 0.6 is 27.5 Å². The summed E-state index contributed by atoms with van der Waals surface area (Å²) in [6, 6.07) is 1.65. The number of aromatic nitrogens is 1. The molecule has 1 fully saturated rings. The Morgan fingerprint density at radius 1 is 1.65 bits per heavy atom. The first-order valence-corrected chi connectivity index (χ1v) is 6.07. The molecule has 0 spiro atoms. The lowest BCUT2D eigenvalue weighted by Gasteiger charge is -2.16. The molecule has 90 valence electrons. The molecule has 0 aliphatic carbocycles. The molecule has 0 bridgehead atoms. The molecule has 1 aromatic rings. The van der Waals surface area contributed by atoms with Crippen molar-refractivity contribution in [3.63, 3.8) is 0 Å². The number of pyridine rings is 1. The summed E-state index contributed by atoms with van der Waals surface area (Å²) in [6.45, 7) is 0.265. The van der Waals surface area contributed by atoms with Gasteiger partial charge in [0.2, 0.25) is 11.8 Å². The highest BCUT2D eigenvalue weighted by Crippen LogP contribution is 2.30. The monoisotopic (exact) mass is 317 g/mol. The second-order valence-electron chi connectivity index (χ2n) is 3.77. The van der Waals surface area contributed by atoms with Gasteiger partial charge in [-0.2, -0.15) is 0 Å². The molecule has 2 rings (SSSR count). The Labute approximate surface area is 111 Å². The number of carbonyl (C=O) groups is 2. The van der Waals surface area contributed by atoms with E-state index in [0.717, 1.165) is 0 Å². The van der Waals surface area contributed by atoms with Gasteiger partial charge in [0.1, 0.15) is 5.82 Å². The summed E-state index contributed by atoms with van der Waals surface area (Å²) in [7, 11) is 0. The standard InChI is InChI=1S/C10H9BrClN3O2/c11-7-2-6(12)3-14-10(7)15-4-5(9(13)17)1-8(15)16/h2-3,5H,1,4H2,(H2,13,17). The fourth-order valence-electron chi connectivity index (χ4n) is 1.71. The molecule has 2 amide bonds. The van der Waals surface area contributed by atoms with Gasteiger partial charge >= 0.3 is 0 Å². The molecule has 2 N–H and O–H groups in total. The number of primary amides is 1. The van der Waals surface area contributed by atoms with Crippen LogP contribution in [0.3, 0.4) is 0 Å². The van der Waals surface area contributed by atoms with Gasteiger partial charge in [-0.05, 0) is 22.0 Å². The van der Waals surface area contributed by atoms with E-state index in [1.807, 2.05) is 0 Å². The fraction of sp³-hybridized carbons (Fsp3) is 0.300. The maximum atomic E-state index is 11.8. The zero-order chi connectivity index (χ0) is 12.6. The lowest BCUT2D eigenvalue weighted by molar-refractivity contribution is -0.123. The van der Waals surface area contributed by atoms with Crippen LogP contribution in [0.1, 0.15) is 6.42 Å². The molecule has 0 saturated carbocycles. The Morgan fingerprint density at radius 3 is 2.88 bits per heavy atom. The van der Waals surface area contributed by atoms with Crippen molar-refractivity contribution >= 4 is 45.2 Å². The normalized spacial score (nSPS) is 19.8. The Bertz CT molecular complexity index is 494. The van der Waals surface area contributed by atoms with Gasteiger partial charge in [0.05, 0.1) is 15.4 Å². The van der Waals surface area contributed by atoms with Gasteiger partial charge in [-0.1, -0.05) is 11.6 Å². The van der Waals surface area contributed by atoms with Crippen molar-refractivity contribution in [3.05, 3.63) is 21.8 Å². The highest BCUT2D eigenvalue weighted by Gasteiger charge is 2.35. The number of hydrogen-bond donors (Lipinski definition) is 1. The quantitative estimate of drug-likeness (QED) is 0.894. The zero-order valence-electron chi connectivity index (χ0n) is 8.69. The summed E-state index contributed by atoms with van der Waals surface area (Å²) in [6.07, 6.45) is 1.58. The molecular weight excluding hydrogens is 309 g/mol. The van der Waals surface area contributed by atoms with Crippen LogP contribution in [0.15, 0.2) is 16.7 Å². The van der Waals surface area contributed by atoms with Crippen molar-refractivity contribution < 1.29 is 9.59 Å². The molecule has 2 heterocycles. The molecule has 1 saturated heterocycles. The summed E-state index contributed by atoms with van der Waals surface area (Å²) in [5.74, 6) is -0.620. The van der Waals surface area contributed by atoms with Crippen molar-refractivity contribution in [2.24, 2.45) is 11.7 Å². The first kappa shape index (κ1) is 12.3. The van der Waals surface area contributed by atoms with Crippen LogP contribution in [-0.2, 0) is 9.59 Å². The van der Waals surface area contributed by atoms with Gasteiger partial charge in [0.25, 0.3) is 0 Å². The summed E-state index contributed by atoms with van der Waals surface area (Å²) in [4.78, 5) is 28.3. The number of nitrogens with zero attached hydrogens (tertiary/aromatic N) is 2. The molecule has 0 aromatic carbocycles. The zero-order valence-corrected chi connectivity index (χ0v) is 11.0. The smallest absolute Gasteiger partial charge is 0.229 e. The summed E-state index contributed by atoms with van der Waals surface area (Å²) < 4.78 is 0.614. The molecule has 1 atom stereocenters. The largest absolute Gasteiger partial charge is 0.369 e. The minimum absolute atomic E-state index is 0.131. The van der Waals surface area contributed by atoms with Crippen LogP contribution in [-0.4, -0.2) is 23.3 Å². The predicted octanol–water partition coefficient (Wildman–Crippen LogP) is 1.34. The van der Waals surface area contributed by atoms with E-state index >= 15 is 0 Å². The second kappa shape index (κ2) is 4.62. The van der Waals surface area contributed by atoms with E-state index in [9.17, 15) is 9.59 Å². The van der Waals surface area contributed by atoms with Gasteiger partial charge in [0.15, 0.2) is 0 Å². The topological polar surface area (TPSA) is 76.3 Å². The van der Waals surface area contributed by atoms with Gasteiger partial charge in [0, 0.05) is 19.2 Å². The molecule has 1 unspecified atom stereocenters. The maximum absolute atomic E-state index is 11.8. The van der Waals surface area contributed by atoms with Gasteiger partial charge in [-0.25, -0.2) is 4.98 Å². The van der Waals surface area contributed by atoms with Crippen molar-refractivity contribution in [2.45, 2.75) is 6.42 Å². The van der Waals surface area contributed by atoms with E-state index in [2.05, 4.69) is 20.9 Å². The number of anilines is 1. The number of carbonyl (C=O) groups excluding carboxylic acids is 2. The number of nitrogens with two attached hydrogens (primary N) is 1. The van der Waals surface area contributed by atoms with E-state index in [1.165, 1.54) is 11.1 Å². The van der Waals surface area contributed by atoms with Gasteiger partial charge < -0.3 is 5.73 Å². The minimum atomic E-state index is -0.467. The lowest BCUT2D eigenvalue weighted by atomic mass is 10.1. The van der Waals surface area contributed by atoms with Crippen LogP contribution in [0.4, 0.5) is 5.82 Å². The van der Waals surface area contributed by atoms with Crippen LogP contribution < -0.4 is 10.6 Å². The average molecular weight is 319 g/mol. The molecule has 1 aliphatic heterocycles. The van der Waals surface area contributed by atoms with E-state index in [1.54, 1.807) is 6.07 Å². The predicted molar refractivity (Wildman–Crippen MR) is 66.6 cm³/mol. The van der Waals surface area contributed by atoms with Crippen molar-refractivity contribution in [1.82, 2.24) is 4.98 Å². The first-order chi connectivity index (χ1) is 7.99. The molecular formula is C10H9BrClN3O2. The van der Waals surface area contributed by atoms with Crippen LogP contribution in [0.2, 0.25) is 5.02 Å².